The molecule has 0 amide bonds. The summed E-state index contributed by atoms with van der Waals surface area (Å²) in [5.74, 6) is 1.99. The van der Waals surface area contributed by atoms with Crippen molar-refractivity contribution in [3.8, 4) is 0 Å². The lowest BCUT2D eigenvalue weighted by Crippen LogP contribution is -2.30. The molecule has 0 aromatic heterocycles. The molecular weight excluding hydrogens is 380 g/mol. The minimum atomic E-state index is -2.45. The van der Waals surface area contributed by atoms with Crippen LogP contribution in [-0.4, -0.2) is 6.61 Å². The highest BCUT2D eigenvalue weighted by Crippen LogP contribution is 2.58. The first-order chi connectivity index (χ1) is 13.6. The molecule has 1 heterocycles. The second-order valence-electron chi connectivity index (χ2n) is 6.70. The molecule has 1 saturated heterocycles. The highest BCUT2D eigenvalue weighted by Gasteiger charge is 2.45. The zero-order valence-corrected chi connectivity index (χ0v) is 16.0. The highest BCUT2D eigenvalue weighted by atomic mass is 31.2. The van der Waals surface area contributed by atoms with Crippen LogP contribution in [0.2, 0.25) is 0 Å². The third-order valence-corrected chi connectivity index (χ3v) is 8.91. The minimum absolute atomic E-state index is 0.329. The topological polar surface area (TPSA) is 9.23 Å². The van der Waals surface area contributed by atoms with E-state index in [1.54, 1.807) is 36.4 Å². The van der Waals surface area contributed by atoms with Gasteiger partial charge in [-0.3, -0.25) is 0 Å². The predicted octanol–water partition coefficient (Wildman–Crippen LogP) is 5.05. The van der Waals surface area contributed by atoms with Gasteiger partial charge in [-0.25, -0.2) is 13.2 Å². The van der Waals surface area contributed by atoms with Crippen LogP contribution in [-0.2, 0) is 4.74 Å². The molecule has 0 spiro atoms. The lowest BCUT2D eigenvalue weighted by Gasteiger charge is -2.24. The van der Waals surface area contributed by atoms with Crippen LogP contribution < -0.4 is 15.9 Å². The summed E-state index contributed by atoms with van der Waals surface area (Å²) < 4.78 is 46.8. The molecule has 5 heteroatoms. The second-order valence-corrected chi connectivity index (χ2v) is 9.95. The Bertz CT molecular complexity index is 861. The summed E-state index contributed by atoms with van der Waals surface area (Å²) in [5.41, 5.74) is 0. The van der Waals surface area contributed by atoms with Crippen molar-refractivity contribution < 1.29 is 17.9 Å². The van der Waals surface area contributed by atoms with Gasteiger partial charge in [0, 0.05) is 6.42 Å². The minimum Gasteiger partial charge on any atom is -0.494 e. The summed E-state index contributed by atoms with van der Waals surface area (Å²) in [6.07, 6.45) is 1.74. The van der Waals surface area contributed by atoms with E-state index < -0.39 is 7.26 Å². The summed E-state index contributed by atoms with van der Waals surface area (Å²) in [6.45, 7) is 0.655. The smallest absolute Gasteiger partial charge is 0.140 e. The molecule has 0 aliphatic carbocycles. The Balaban J connectivity index is 2.03. The molecule has 1 nitrogen and oxygen atoms in total. The molecule has 142 valence electrons. The van der Waals surface area contributed by atoms with Gasteiger partial charge < -0.3 is 4.74 Å². The third-order valence-electron chi connectivity index (χ3n) is 4.89. The number of rotatable bonds is 4. The van der Waals surface area contributed by atoms with Gasteiger partial charge in [0.05, 0.1) is 6.61 Å². The van der Waals surface area contributed by atoms with E-state index in [2.05, 4.69) is 5.82 Å². The van der Waals surface area contributed by atoms with Gasteiger partial charge in [0.25, 0.3) is 0 Å². The van der Waals surface area contributed by atoms with E-state index in [4.69, 9.17) is 4.74 Å². The van der Waals surface area contributed by atoms with Crippen molar-refractivity contribution in [2.24, 2.45) is 0 Å². The van der Waals surface area contributed by atoms with Gasteiger partial charge in [0.15, 0.2) is 0 Å². The number of benzene rings is 3. The van der Waals surface area contributed by atoms with Gasteiger partial charge in [0.1, 0.15) is 52.2 Å². The van der Waals surface area contributed by atoms with Crippen molar-refractivity contribution in [1.82, 2.24) is 0 Å². The standard InChI is InChI=1S/C23H19F3OP/c24-17-3-9-21(10-4-17)28(16-20-2-1-15-27-20,22-11-5-18(25)6-12-22)23-13-7-19(26)8-14-23/h3-14,16H,1-2,15H2/q+1. The van der Waals surface area contributed by atoms with Crippen molar-refractivity contribution in [1.29, 1.82) is 0 Å². The molecule has 0 unspecified atom stereocenters. The summed E-state index contributed by atoms with van der Waals surface area (Å²) in [5, 5.41) is 2.69. The molecule has 0 radical (unpaired) electrons. The third kappa shape index (κ3) is 3.57. The molecule has 0 N–H and O–H groups in total. The van der Waals surface area contributed by atoms with E-state index in [9.17, 15) is 13.2 Å². The first kappa shape index (κ1) is 18.8. The van der Waals surface area contributed by atoms with Crippen LogP contribution in [0.25, 0.3) is 0 Å². The molecule has 0 atom stereocenters. The lowest BCUT2D eigenvalue weighted by molar-refractivity contribution is 0.264. The second kappa shape index (κ2) is 7.81. The summed E-state index contributed by atoms with van der Waals surface area (Å²) in [7, 11) is -2.45. The normalized spacial score (nSPS) is 15.6. The van der Waals surface area contributed by atoms with Crippen LogP contribution >= 0.6 is 7.26 Å². The largest absolute Gasteiger partial charge is 0.494 e. The molecule has 0 bridgehead atoms. The van der Waals surface area contributed by atoms with Crippen molar-refractivity contribution >= 4 is 23.2 Å². The fourth-order valence-electron chi connectivity index (χ4n) is 3.54. The fraction of sp³-hybridized carbons (Fsp3) is 0.130. The zero-order valence-electron chi connectivity index (χ0n) is 15.1. The predicted molar refractivity (Wildman–Crippen MR) is 108 cm³/mol. The zero-order chi connectivity index (χ0) is 19.6. The average molecular weight is 399 g/mol. The number of halogens is 3. The average Bonchev–Trinajstić information content (AvgIpc) is 3.21. The quantitative estimate of drug-likeness (QED) is 0.558. The summed E-state index contributed by atoms with van der Waals surface area (Å²) in [4.78, 5) is 0. The van der Waals surface area contributed by atoms with Gasteiger partial charge >= 0.3 is 0 Å². The maximum absolute atomic E-state index is 13.7. The van der Waals surface area contributed by atoms with Crippen LogP contribution in [0.5, 0.6) is 0 Å². The van der Waals surface area contributed by atoms with Gasteiger partial charge in [-0.1, -0.05) is 0 Å². The van der Waals surface area contributed by atoms with Crippen molar-refractivity contribution in [2.75, 3.05) is 6.61 Å². The molecule has 28 heavy (non-hydrogen) atoms. The molecular formula is C23H19F3OP+. The lowest BCUT2D eigenvalue weighted by atomic mass is 10.3. The number of ether oxygens (including phenoxy) is 1. The SMILES string of the molecule is Fc1ccc([P+](C=C2CCCO2)(c2ccc(F)cc2)c2ccc(F)cc2)cc1. The van der Waals surface area contributed by atoms with E-state index in [1.807, 2.05) is 0 Å². The molecule has 3 aromatic rings. The van der Waals surface area contributed by atoms with Gasteiger partial charge in [-0.05, 0) is 79.2 Å². The first-order valence-corrected chi connectivity index (χ1v) is 11.0. The van der Waals surface area contributed by atoms with E-state index in [0.29, 0.717) is 6.61 Å². The van der Waals surface area contributed by atoms with Crippen molar-refractivity contribution in [3.05, 3.63) is 102 Å². The first-order valence-electron chi connectivity index (χ1n) is 9.10. The number of allylic oxidation sites excluding steroid dienone is 1. The summed E-state index contributed by atoms with van der Waals surface area (Å²) >= 11 is 0. The van der Waals surface area contributed by atoms with Gasteiger partial charge in [-0.2, -0.15) is 0 Å². The molecule has 3 aromatic carbocycles. The Morgan fingerprint density at radius 2 is 1.04 bits per heavy atom. The van der Waals surface area contributed by atoms with Crippen molar-refractivity contribution in [3.63, 3.8) is 0 Å². The maximum atomic E-state index is 13.7. The molecule has 0 saturated carbocycles. The number of hydrogen-bond donors (Lipinski definition) is 0. The molecule has 1 aliphatic heterocycles. The Hall–Kier alpha value is -2.58. The Labute approximate surface area is 162 Å². The molecule has 1 fully saturated rings. The summed E-state index contributed by atoms with van der Waals surface area (Å²) in [6, 6.07) is 19.0. The number of hydrogen-bond acceptors (Lipinski definition) is 1. The van der Waals surface area contributed by atoms with Gasteiger partial charge in [-0.15, -0.1) is 0 Å². The maximum Gasteiger partial charge on any atom is 0.140 e. The Kier molecular flexibility index (Phi) is 5.23. The van der Waals surface area contributed by atoms with Crippen molar-refractivity contribution in [2.45, 2.75) is 12.8 Å². The van der Waals surface area contributed by atoms with Crippen LogP contribution in [0.3, 0.4) is 0 Å². The van der Waals surface area contributed by atoms with Crippen LogP contribution in [0.4, 0.5) is 13.2 Å². The highest BCUT2D eigenvalue weighted by molar-refractivity contribution is 7.98. The monoisotopic (exact) mass is 399 g/mol. The van der Waals surface area contributed by atoms with Crippen LogP contribution in [0.15, 0.2) is 84.4 Å². The van der Waals surface area contributed by atoms with E-state index >= 15 is 0 Å². The Morgan fingerprint density at radius 1 is 0.643 bits per heavy atom. The molecule has 1 aliphatic rings. The van der Waals surface area contributed by atoms with E-state index in [0.717, 1.165) is 34.5 Å². The van der Waals surface area contributed by atoms with E-state index in [1.165, 1.54) is 36.4 Å². The van der Waals surface area contributed by atoms with Crippen LogP contribution in [0.1, 0.15) is 12.8 Å². The van der Waals surface area contributed by atoms with E-state index in [-0.39, 0.29) is 17.5 Å². The van der Waals surface area contributed by atoms with Crippen LogP contribution in [0, 0.1) is 17.5 Å². The van der Waals surface area contributed by atoms with Gasteiger partial charge in [0.2, 0.25) is 0 Å². The Morgan fingerprint density at radius 3 is 1.36 bits per heavy atom. The fourth-order valence-corrected chi connectivity index (χ4v) is 7.37. The molecule has 4 rings (SSSR count).